The SMILES string of the molecule is CCCCCCCc1cnc(OC(=O)C=CC(CCCCCCC)c2ccccc2)nc1. The van der Waals surface area contributed by atoms with Crippen LogP contribution < -0.4 is 4.74 Å². The van der Waals surface area contributed by atoms with Gasteiger partial charge in [0.15, 0.2) is 0 Å². The van der Waals surface area contributed by atoms with Gasteiger partial charge >= 0.3 is 12.0 Å². The van der Waals surface area contributed by atoms with Gasteiger partial charge in [-0.25, -0.2) is 14.8 Å². The predicted molar refractivity (Wildman–Crippen MR) is 132 cm³/mol. The highest BCUT2D eigenvalue weighted by atomic mass is 16.5. The summed E-state index contributed by atoms with van der Waals surface area (Å²) in [4.78, 5) is 20.7. The number of rotatable bonds is 16. The molecular weight excluding hydrogens is 396 g/mol. The zero-order valence-corrected chi connectivity index (χ0v) is 20.0. The first-order chi connectivity index (χ1) is 15.7. The lowest BCUT2D eigenvalue weighted by Gasteiger charge is -2.13. The van der Waals surface area contributed by atoms with Crippen LogP contribution in [0.5, 0.6) is 6.01 Å². The second-order valence-corrected chi connectivity index (χ2v) is 8.54. The predicted octanol–water partition coefficient (Wildman–Crippen LogP) is 7.60. The Labute approximate surface area is 194 Å². The third-order valence-electron chi connectivity index (χ3n) is 5.75. The van der Waals surface area contributed by atoms with Crippen LogP contribution in [0.25, 0.3) is 0 Å². The van der Waals surface area contributed by atoms with Crippen molar-refractivity contribution in [2.24, 2.45) is 0 Å². The summed E-state index contributed by atoms with van der Waals surface area (Å²) in [5.74, 6) is -0.217. The van der Waals surface area contributed by atoms with Crippen molar-refractivity contribution in [2.75, 3.05) is 0 Å². The van der Waals surface area contributed by atoms with Crippen molar-refractivity contribution in [3.8, 4) is 6.01 Å². The Balaban J connectivity index is 1.84. The Morgan fingerprint density at radius 2 is 1.50 bits per heavy atom. The van der Waals surface area contributed by atoms with E-state index < -0.39 is 5.97 Å². The number of esters is 1. The van der Waals surface area contributed by atoms with Gasteiger partial charge in [0.2, 0.25) is 0 Å². The maximum absolute atomic E-state index is 12.3. The number of ether oxygens (including phenoxy) is 1. The number of aromatic nitrogens is 2. The highest BCUT2D eigenvalue weighted by Crippen LogP contribution is 2.24. The van der Waals surface area contributed by atoms with Gasteiger partial charge in [0.1, 0.15) is 0 Å². The number of carbonyl (C=O) groups excluding carboxylic acids is 1. The maximum Gasteiger partial charge on any atom is 0.338 e. The molecule has 0 saturated carbocycles. The first-order valence-electron chi connectivity index (χ1n) is 12.5. The van der Waals surface area contributed by atoms with Gasteiger partial charge in [-0.3, -0.25) is 0 Å². The van der Waals surface area contributed by atoms with Crippen LogP contribution in [-0.2, 0) is 11.2 Å². The molecule has 0 bridgehead atoms. The molecule has 4 heteroatoms. The number of aryl methyl sites for hydroxylation is 1. The average molecular weight is 437 g/mol. The normalized spacial score (nSPS) is 12.2. The molecule has 1 unspecified atom stereocenters. The summed E-state index contributed by atoms with van der Waals surface area (Å²) in [7, 11) is 0. The van der Waals surface area contributed by atoms with E-state index in [1.54, 1.807) is 12.4 Å². The van der Waals surface area contributed by atoms with E-state index in [9.17, 15) is 4.79 Å². The van der Waals surface area contributed by atoms with Crippen molar-refractivity contribution in [1.29, 1.82) is 0 Å². The summed E-state index contributed by atoms with van der Waals surface area (Å²) in [5.41, 5.74) is 2.32. The van der Waals surface area contributed by atoms with Gasteiger partial charge in [0.25, 0.3) is 0 Å². The summed E-state index contributed by atoms with van der Waals surface area (Å²) in [5, 5.41) is 0. The fourth-order valence-corrected chi connectivity index (χ4v) is 3.82. The van der Waals surface area contributed by atoms with Gasteiger partial charge in [-0.2, -0.15) is 0 Å². The van der Waals surface area contributed by atoms with E-state index >= 15 is 0 Å². The van der Waals surface area contributed by atoms with E-state index in [4.69, 9.17) is 4.74 Å². The van der Waals surface area contributed by atoms with Crippen molar-refractivity contribution >= 4 is 5.97 Å². The van der Waals surface area contributed by atoms with E-state index in [1.807, 2.05) is 24.3 Å². The number of hydrogen-bond donors (Lipinski definition) is 0. The molecule has 0 fully saturated rings. The van der Waals surface area contributed by atoms with Gasteiger partial charge in [0, 0.05) is 24.4 Å². The van der Waals surface area contributed by atoms with E-state index in [0.29, 0.717) is 0 Å². The van der Waals surface area contributed by atoms with Crippen LogP contribution in [0, 0.1) is 0 Å². The third-order valence-corrected chi connectivity index (χ3v) is 5.75. The Morgan fingerprint density at radius 3 is 2.16 bits per heavy atom. The standard InChI is InChI=1S/C28H40N2O2/c1-3-5-7-9-12-16-24-22-29-28(30-23-24)32-27(31)21-20-26(19-13-10-8-6-4-2)25-17-14-11-15-18-25/h11,14-15,17-18,20-23,26H,3-10,12-13,16,19H2,1-2H3. The van der Waals surface area contributed by atoms with E-state index in [0.717, 1.165) is 31.2 Å². The Morgan fingerprint density at radius 1 is 0.875 bits per heavy atom. The molecule has 1 heterocycles. The number of benzene rings is 1. The molecule has 1 aromatic carbocycles. The van der Waals surface area contributed by atoms with Crippen LogP contribution in [0.2, 0.25) is 0 Å². The fourth-order valence-electron chi connectivity index (χ4n) is 3.82. The minimum Gasteiger partial charge on any atom is -0.388 e. The average Bonchev–Trinajstić information content (AvgIpc) is 2.82. The molecule has 32 heavy (non-hydrogen) atoms. The second-order valence-electron chi connectivity index (χ2n) is 8.54. The monoisotopic (exact) mass is 436 g/mol. The minimum atomic E-state index is -0.427. The lowest BCUT2D eigenvalue weighted by atomic mass is 9.92. The zero-order chi connectivity index (χ0) is 22.9. The van der Waals surface area contributed by atoms with Gasteiger partial charge < -0.3 is 4.74 Å². The van der Waals surface area contributed by atoms with E-state index in [1.165, 1.54) is 63.0 Å². The molecule has 0 N–H and O–H groups in total. The first kappa shape index (κ1) is 25.8. The van der Waals surface area contributed by atoms with Crippen LogP contribution in [0.1, 0.15) is 102 Å². The number of nitrogens with zero attached hydrogens (tertiary/aromatic N) is 2. The van der Waals surface area contributed by atoms with Crippen LogP contribution >= 0.6 is 0 Å². The molecule has 2 rings (SSSR count). The van der Waals surface area contributed by atoms with Gasteiger partial charge in [0.05, 0.1) is 0 Å². The topological polar surface area (TPSA) is 52.1 Å². The molecule has 4 nitrogen and oxygen atoms in total. The number of unbranched alkanes of at least 4 members (excludes halogenated alkanes) is 8. The van der Waals surface area contributed by atoms with Crippen LogP contribution in [0.3, 0.4) is 0 Å². The Hall–Kier alpha value is -2.49. The highest BCUT2D eigenvalue weighted by molar-refractivity contribution is 5.83. The van der Waals surface area contributed by atoms with Crippen molar-refractivity contribution in [3.63, 3.8) is 0 Å². The summed E-state index contributed by atoms with van der Waals surface area (Å²) < 4.78 is 5.32. The second kappa shape index (κ2) is 16.2. The summed E-state index contributed by atoms with van der Waals surface area (Å²) in [6.07, 6.45) is 21.4. The molecule has 0 radical (unpaired) electrons. The molecule has 0 aliphatic carbocycles. The molecule has 2 aromatic rings. The summed E-state index contributed by atoms with van der Waals surface area (Å²) >= 11 is 0. The molecule has 0 amide bonds. The first-order valence-corrected chi connectivity index (χ1v) is 12.5. The van der Waals surface area contributed by atoms with Crippen LogP contribution in [0.15, 0.2) is 54.9 Å². The van der Waals surface area contributed by atoms with Crippen molar-refractivity contribution in [1.82, 2.24) is 9.97 Å². The molecule has 0 saturated heterocycles. The van der Waals surface area contributed by atoms with Crippen molar-refractivity contribution < 1.29 is 9.53 Å². The molecule has 0 aliphatic heterocycles. The molecule has 0 aliphatic rings. The molecular formula is C28H40N2O2. The Bertz CT molecular complexity index is 772. The molecule has 1 aromatic heterocycles. The smallest absolute Gasteiger partial charge is 0.338 e. The quantitative estimate of drug-likeness (QED) is 0.154. The lowest BCUT2D eigenvalue weighted by molar-refractivity contribution is -0.129. The van der Waals surface area contributed by atoms with Crippen LogP contribution in [0.4, 0.5) is 0 Å². The van der Waals surface area contributed by atoms with E-state index in [2.05, 4.69) is 35.9 Å². The molecule has 1 atom stereocenters. The van der Waals surface area contributed by atoms with Gasteiger partial charge in [-0.1, -0.05) is 108 Å². The summed E-state index contributed by atoms with van der Waals surface area (Å²) in [6, 6.07) is 10.5. The van der Waals surface area contributed by atoms with Crippen molar-refractivity contribution in [2.45, 2.75) is 96.8 Å². The van der Waals surface area contributed by atoms with Gasteiger partial charge in [-0.15, -0.1) is 0 Å². The minimum absolute atomic E-state index is 0.116. The highest BCUT2D eigenvalue weighted by Gasteiger charge is 2.10. The third kappa shape index (κ3) is 10.7. The van der Waals surface area contributed by atoms with E-state index in [-0.39, 0.29) is 11.9 Å². The molecule has 0 spiro atoms. The fraction of sp³-hybridized carbons (Fsp3) is 0.536. The zero-order valence-electron chi connectivity index (χ0n) is 20.0. The lowest BCUT2D eigenvalue weighted by Crippen LogP contribution is -2.08. The van der Waals surface area contributed by atoms with Crippen LogP contribution in [-0.4, -0.2) is 15.9 Å². The molecule has 174 valence electrons. The number of hydrogen-bond acceptors (Lipinski definition) is 4. The summed E-state index contributed by atoms with van der Waals surface area (Å²) in [6.45, 7) is 4.45. The number of allylic oxidation sites excluding steroid dienone is 1. The van der Waals surface area contributed by atoms with Gasteiger partial charge in [-0.05, 0) is 30.4 Å². The van der Waals surface area contributed by atoms with Crippen molar-refractivity contribution in [3.05, 3.63) is 66.0 Å². The Kier molecular flexibility index (Phi) is 13.0. The maximum atomic E-state index is 12.3. The largest absolute Gasteiger partial charge is 0.388 e. The number of carbonyl (C=O) groups is 1.